The van der Waals surface area contributed by atoms with Crippen molar-refractivity contribution in [2.75, 3.05) is 14.2 Å². The van der Waals surface area contributed by atoms with Crippen molar-refractivity contribution < 1.29 is 23.8 Å². The lowest BCUT2D eigenvalue weighted by Gasteiger charge is -2.37. The monoisotopic (exact) mass is 509 g/mol. The molecule has 0 radical (unpaired) electrons. The van der Waals surface area contributed by atoms with E-state index in [0.29, 0.717) is 52.6 Å². The van der Waals surface area contributed by atoms with Crippen molar-refractivity contribution in [2.45, 2.75) is 58.0 Å². The van der Waals surface area contributed by atoms with Gasteiger partial charge in [-0.1, -0.05) is 36.7 Å². The van der Waals surface area contributed by atoms with Crippen LogP contribution >= 0.6 is 11.6 Å². The highest BCUT2D eigenvalue weighted by molar-refractivity contribution is 6.30. The van der Waals surface area contributed by atoms with E-state index < -0.39 is 11.9 Å². The van der Waals surface area contributed by atoms with Crippen molar-refractivity contribution in [3.63, 3.8) is 0 Å². The van der Waals surface area contributed by atoms with Crippen LogP contribution in [-0.2, 0) is 14.3 Å². The van der Waals surface area contributed by atoms with Crippen LogP contribution in [0.5, 0.6) is 11.5 Å². The zero-order chi connectivity index (χ0) is 26.0. The smallest absolute Gasteiger partial charge is 0.337 e. The Kier molecular flexibility index (Phi) is 7.74. The van der Waals surface area contributed by atoms with E-state index in [2.05, 4.69) is 5.32 Å². The van der Waals surface area contributed by atoms with Crippen LogP contribution in [-0.4, -0.2) is 32.1 Å². The molecule has 2 aromatic rings. The molecule has 6 nitrogen and oxygen atoms in total. The van der Waals surface area contributed by atoms with Gasteiger partial charge in [-0.25, -0.2) is 4.79 Å². The number of Topliss-reactive ketones (excluding diaryl/α,β-unsaturated/α-hetero) is 1. The van der Waals surface area contributed by atoms with Crippen molar-refractivity contribution in [3.05, 3.63) is 81.2 Å². The van der Waals surface area contributed by atoms with Gasteiger partial charge in [-0.05, 0) is 56.4 Å². The summed E-state index contributed by atoms with van der Waals surface area (Å²) in [4.78, 5) is 27.2. The Bertz CT molecular complexity index is 1230. The normalized spacial score (nSPS) is 20.4. The van der Waals surface area contributed by atoms with Gasteiger partial charge in [0.2, 0.25) is 0 Å². The highest BCUT2D eigenvalue weighted by atomic mass is 35.5. The molecule has 1 N–H and O–H groups in total. The number of dihydropyridines is 1. The summed E-state index contributed by atoms with van der Waals surface area (Å²) in [6, 6.07) is 13.1. The van der Waals surface area contributed by atoms with Crippen LogP contribution in [0, 0.1) is 0 Å². The standard InChI is InChI=1S/C29H32ClNO5/c1-6-16(2)36-29(33)26-17(3)31-23-13-19(18-7-9-20(30)10-8-18)14-24(32)28(23)27(26)22-12-11-21(34-4)15-25(22)35-5/h7-12,15-16,19,27,31H,6,13-14H2,1-5H3/t16-,19+,27+/m1/s1. The minimum Gasteiger partial charge on any atom is -0.497 e. The molecule has 0 spiro atoms. The summed E-state index contributed by atoms with van der Waals surface area (Å²) in [6.07, 6.45) is 1.42. The lowest BCUT2D eigenvalue weighted by molar-refractivity contribution is -0.144. The zero-order valence-electron chi connectivity index (χ0n) is 21.3. The number of hydrogen-bond acceptors (Lipinski definition) is 6. The summed E-state index contributed by atoms with van der Waals surface area (Å²) in [7, 11) is 3.15. The predicted octanol–water partition coefficient (Wildman–Crippen LogP) is 6.06. The SMILES string of the molecule is CC[C@@H](C)OC(=O)C1=C(C)NC2=C(C(=O)C[C@@H](c3ccc(Cl)cc3)C2)[C@H]1c1ccc(OC)cc1OC. The van der Waals surface area contributed by atoms with Crippen molar-refractivity contribution in [1.82, 2.24) is 5.32 Å². The molecule has 0 saturated carbocycles. The van der Waals surface area contributed by atoms with Gasteiger partial charge in [-0.3, -0.25) is 4.79 Å². The first kappa shape index (κ1) is 25.8. The average molecular weight is 510 g/mol. The average Bonchev–Trinajstić information content (AvgIpc) is 2.87. The number of carbonyl (C=O) groups excluding carboxylic acids is 2. The first-order valence-corrected chi connectivity index (χ1v) is 12.6. The number of carbonyl (C=O) groups is 2. The Morgan fingerprint density at radius 3 is 2.47 bits per heavy atom. The fourth-order valence-corrected chi connectivity index (χ4v) is 5.10. The van der Waals surface area contributed by atoms with Crippen LogP contribution in [0.25, 0.3) is 0 Å². The summed E-state index contributed by atoms with van der Waals surface area (Å²) in [5, 5.41) is 4.05. The van der Waals surface area contributed by atoms with E-state index in [1.165, 1.54) is 0 Å². The molecule has 2 aromatic carbocycles. The van der Waals surface area contributed by atoms with Crippen molar-refractivity contribution in [1.29, 1.82) is 0 Å². The molecular formula is C29H32ClNO5. The number of esters is 1. The molecule has 3 atom stereocenters. The molecule has 0 aromatic heterocycles. The molecule has 1 aliphatic heterocycles. The fraction of sp³-hybridized carbons (Fsp3) is 0.379. The van der Waals surface area contributed by atoms with Crippen molar-refractivity contribution >= 4 is 23.4 Å². The van der Waals surface area contributed by atoms with Crippen LogP contribution in [0.2, 0.25) is 5.02 Å². The van der Waals surface area contributed by atoms with E-state index in [9.17, 15) is 9.59 Å². The molecule has 7 heteroatoms. The summed E-state index contributed by atoms with van der Waals surface area (Å²) < 4.78 is 16.8. The van der Waals surface area contributed by atoms with E-state index in [0.717, 1.165) is 16.8 Å². The largest absolute Gasteiger partial charge is 0.497 e. The first-order valence-electron chi connectivity index (χ1n) is 12.2. The highest BCUT2D eigenvalue weighted by Crippen LogP contribution is 2.48. The Morgan fingerprint density at radius 1 is 1.11 bits per heavy atom. The van der Waals surface area contributed by atoms with Gasteiger partial charge in [0.25, 0.3) is 0 Å². The molecule has 1 heterocycles. The van der Waals surface area contributed by atoms with E-state index in [1.807, 2.05) is 57.2 Å². The molecule has 0 amide bonds. The fourth-order valence-electron chi connectivity index (χ4n) is 4.98. The third kappa shape index (κ3) is 5.00. The first-order chi connectivity index (χ1) is 17.3. The number of hydrogen-bond donors (Lipinski definition) is 1. The van der Waals surface area contributed by atoms with E-state index in [1.54, 1.807) is 20.3 Å². The minimum absolute atomic E-state index is 0.00656. The molecule has 0 bridgehead atoms. The maximum absolute atomic E-state index is 13.8. The topological polar surface area (TPSA) is 73.9 Å². The number of ketones is 1. The van der Waals surface area contributed by atoms with Crippen LogP contribution in [0.15, 0.2) is 65.0 Å². The molecule has 0 unspecified atom stereocenters. The zero-order valence-corrected chi connectivity index (χ0v) is 22.1. The number of halogens is 1. The Labute approximate surface area is 217 Å². The summed E-state index contributed by atoms with van der Waals surface area (Å²) in [5.74, 6) is 0.130. The molecule has 190 valence electrons. The quantitative estimate of drug-likeness (QED) is 0.457. The Hall–Kier alpha value is -3.25. The summed E-state index contributed by atoms with van der Waals surface area (Å²) in [5.41, 5.74) is 4.30. The lowest BCUT2D eigenvalue weighted by atomic mass is 9.71. The van der Waals surface area contributed by atoms with Gasteiger partial charge in [-0.15, -0.1) is 0 Å². The molecule has 0 saturated heterocycles. The Balaban J connectivity index is 1.83. The van der Waals surface area contributed by atoms with Gasteiger partial charge in [-0.2, -0.15) is 0 Å². The van der Waals surface area contributed by atoms with Crippen LogP contribution in [0.1, 0.15) is 63.0 Å². The maximum Gasteiger partial charge on any atom is 0.337 e. The number of methoxy groups -OCH3 is 2. The van der Waals surface area contributed by atoms with Crippen LogP contribution < -0.4 is 14.8 Å². The lowest BCUT2D eigenvalue weighted by Crippen LogP contribution is -2.36. The number of nitrogens with one attached hydrogen (secondary N) is 1. The second-order valence-corrected chi connectivity index (χ2v) is 9.74. The molecule has 36 heavy (non-hydrogen) atoms. The van der Waals surface area contributed by atoms with Crippen LogP contribution in [0.3, 0.4) is 0 Å². The molecule has 2 aliphatic rings. The minimum atomic E-state index is -0.614. The number of ether oxygens (including phenoxy) is 3. The Morgan fingerprint density at radius 2 is 1.83 bits per heavy atom. The molecule has 1 aliphatic carbocycles. The third-order valence-corrected chi connectivity index (χ3v) is 7.28. The summed E-state index contributed by atoms with van der Waals surface area (Å²) in [6.45, 7) is 5.68. The summed E-state index contributed by atoms with van der Waals surface area (Å²) >= 11 is 6.08. The van der Waals surface area contributed by atoms with Gasteiger partial charge in [0.15, 0.2) is 5.78 Å². The highest BCUT2D eigenvalue weighted by Gasteiger charge is 2.42. The van der Waals surface area contributed by atoms with Gasteiger partial charge < -0.3 is 19.5 Å². The van der Waals surface area contributed by atoms with Crippen LogP contribution in [0.4, 0.5) is 0 Å². The molecule has 4 rings (SSSR count). The van der Waals surface area contributed by atoms with E-state index in [-0.39, 0.29) is 17.8 Å². The third-order valence-electron chi connectivity index (χ3n) is 7.02. The second kappa shape index (κ2) is 10.8. The molecule has 0 fully saturated rings. The maximum atomic E-state index is 13.8. The van der Waals surface area contributed by atoms with Crippen molar-refractivity contribution in [3.8, 4) is 11.5 Å². The van der Waals surface area contributed by atoms with Gasteiger partial charge in [0.1, 0.15) is 11.5 Å². The number of benzene rings is 2. The number of allylic oxidation sites excluding steroid dienone is 3. The number of rotatable bonds is 7. The van der Waals surface area contributed by atoms with E-state index >= 15 is 0 Å². The van der Waals surface area contributed by atoms with Crippen molar-refractivity contribution in [2.24, 2.45) is 0 Å². The predicted molar refractivity (Wildman–Crippen MR) is 139 cm³/mol. The van der Waals surface area contributed by atoms with E-state index in [4.69, 9.17) is 25.8 Å². The molecular weight excluding hydrogens is 478 g/mol. The van der Waals surface area contributed by atoms with Gasteiger partial charge >= 0.3 is 5.97 Å². The van der Waals surface area contributed by atoms with Gasteiger partial charge in [0.05, 0.1) is 31.8 Å². The van der Waals surface area contributed by atoms with Gasteiger partial charge in [0, 0.05) is 40.0 Å². The second-order valence-electron chi connectivity index (χ2n) is 9.30.